The quantitative estimate of drug-likeness (QED) is 0.471. The third-order valence-corrected chi connectivity index (χ3v) is 1.55. The second kappa shape index (κ2) is 3.92. The molecule has 0 aliphatic heterocycles. The molecule has 4 heteroatoms. The Hall–Kier alpha value is -1.29. The summed E-state index contributed by atoms with van der Waals surface area (Å²) in [6.07, 6.45) is 0.477. The van der Waals surface area contributed by atoms with Crippen LogP contribution in [0.3, 0.4) is 0 Å². The van der Waals surface area contributed by atoms with E-state index in [1.807, 2.05) is 0 Å². The van der Waals surface area contributed by atoms with E-state index in [0.29, 0.717) is 6.42 Å². The minimum Gasteiger partial charge on any atom is -0.504 e. The molecule has 1 aromatic rings. The first-order valence-electron chi connectivity index (χ1n) is 3.58. The Morgan fingerprint density at radius 1 is 1.25 bits per heavy atom. The number of hydrogen-bond donors (Lipinski definition) is 3. The number of phenols is 2. The van der Waals surface area contributed by atoms with Gasteiger partial charge >= 0.3 is 0 Å². The van der Waals surface area contributed by atoms with E-state index < -0.39 is 0 Å². The zero-order valence-electron chi connectivity index (χ0n) is 6.42. The van der Waals surface area contributed by atoms with Gasteiger partial charge in [0.2, 0.25) is 0 Å². The van der Waals surface area contributed by atoms with E-state index in [-0.39, 0.29) is 18.0 Å². The van der Waals surface area contributed by atoms with Crippen LogP contribution in [0, 0.1) is 0 Å². The summed E-state index contributed by atoms with van der Waals surface area (Å²) < 4.78 is 11.5. The highest BCUT2D eigenvalue weighted by Gasteiger charge is 1.99. The molecular formula is C8H10FNO2. The smallest absolute Gasteiger partial charge is 0.157 e. The molecule has 3 nitrogen and oxygen atoms in total. The van der Waals surface area contributed by atoms with Crippen molar-refractivity contribution in [2.75, 3.05) is 6.54 Å². The number of halogens is 1. The van der Waals surface area contributed by atoms with Crippen LogP contribution < -0.4 is 5.54 Å². The monoisotopic (exact) mass is 171 g/mol. The van der Waals surface area contributed by atoms with Gasteiger partial charge in [-0.15, -0.1) is 4.48 Å². The van der Waals surface area contributed by atoms with E-state index in [4.69, 9.17) is 10.2 Å². The average Bonchev–Trinajstić information content (AvgIpc) is 2.07. The Morgan fingerprint density at radius 2 is 2.00 bits per heavy atom. The van der Waals surface area contributed by atoms with Crippen molar-refractivity contribution in [2.24, 2.45) is 0 Å². The standard InChI is InChI=1S/C8H10FNO2/c9-10-4-3-6-1-2-7(11)8(12)5-6/h1-2,5,10-12H,3-4H2. The molecule has 66 valence electrons. The first kappa shape index (κ1) is 8.80. The maximum Gasteiger partial charge on any atom is 0.157 e. The van der Waals surface area contributed by atoms with Gasteiger partial charge in [0.15, 0.2) is 11.5 Å². The lowest BCUT2D eigenvalue weighted by Gasteiger charge is -2.01. The summed E-state index contributed by atoms with van der Waals surface area (Å²) in [5.41, 5.74) is 2.28. The fraction of sp³-hybridized carbons (Fsp3) is 0.250. The van der Waals surface area contributed by atoms with Gasteiger partial charge in [-0.2, -0.15) is 5.54 Å². The maximum atomic E-state index is 11.5. The lowest BCUT2D eigenvalue weighted by Crippen LogP contribution is -2.05. The van der Waals surface area contributed by atoms with Crippen LogP contribution in [0.5, 0.6) is 11.5 Å². The minimum atomic E-state index is -0.175. The molecule has 0 aromatic heterocycles. The van der Waals surface area contributed by atoms with Crippen molar-refractivity contribution >= 4 is 0 Å². The summed E-state index contributed by atoms with van der Waals surface area (Å²) in [6.45, 7) is 0.199. The van der Waals surface area contributed by atoms with Crippen LogP contribution in [0.1, 0.15) is 5.56 Å². The Kier molecular flexibility index (Phi) is 2.88. The Bertz CT molecular complexity index is 265. The second-order valence-corrected chi connectivity index (χ2v) is 2.46. The van der Waals surface area contributed by atoms with Gasteiger partial charge in [-0.3, -0.25) is 0 Å². The van der Waals surface area contributed by atoms with E-state index in [1.54, 1.807) is 6.07 Å². The fourth-order valence-electron chi connectivity index (χ4n) is 0.916. The van der Waals surface area contributed by atoms with Crippen molar-refractivity contribution in [3.63, 3.8) is 0 Å². The molecule has 3 N–H and O–H groups in total. The molecule has 0 aliphatic carbocycles. The molecule has 0 saturated carbocycles. The third-order valence-electron chi connectivity index (χ3n) is 1.55. The number of benzene rings is 1. The Labute approximate surface area is 69.4 Å². The number of nitrogens with one attached hydrogen (secondary N) is 1. The average molecular weight is 171 g/mol. The summed E-state index contributed by atoms with van der Waals surface area (Å²) in [5, 5.41) is 18.0. The SMILES string of the molecule is Oc1ccc(CCNF)cc1O. The molecule has 0 spiro atoms. The molecule has 12 heavy (non-hydrogen) atoms. The van der Waals surface area contributed by atoms with Crippen LogP contribution in [-0.4, -0.2) is 16.8 Å². The molecule has 0 aliphatic rings. The lowest BCUT2D eigenvalue weighted by molar-refractivity contribution is 0.337. The van der Waals surface area contributed by atoms with Crippen LogP contribution in [0.25, 0.3) is 0 Å². The zero-order chi connectivity index (χ0) is 8.97. The van der Waals surface area contributed by atoms with E-state index in [1.165, 1.54) is 17.7 Å². The Balaban J connectivity index is 2.69. The topological polar surface area (TPSA) is 52.5 Å². The minimum absolute atomic E-state index is 0.160. The molecule has 0 unspecified atom stereocenters. The van der Waals surface area contributed by atoms with E-state index in [0.717, 1.165) is 5.56 Å². The molecule has 1 rings (SSSR count). The molecule has 0 bridgehead atoms. The summed E-state index contributed by atoms with van der Waals surface area (Å²) in [6, 6.07) is 4.42. The van der Waals surface area contributed by atoms with Gasteiger partial charge in [-0.1, -0.05) is 6.07 Å². The fourth-order valence-corrected chi connectivity index (χ4v) is 0.916. The van der Waals surface area contributed by atoms with E-state index in [9.17, 15) is 4.48 Å². The first-order chi connectivity index (χ1) is 5.74. The summed E-state index contributed by atoms with van der Waals surface area (Å²) in [5.74, 6) is -0.335. The highest BCUT2D eigenvalue weighted by atomic mass is 19.2. The largest absolute Gasteiger partial charge is 0.504 e. The number of aromatic hydroxyl groups is 2. The van der Waals surface area contributed by atoms with Gasteiger partial charge in [0, 0.05) is 6.54 Å². The molecule has 0 atom stereocenters. The van der Waals surface area contributed by atoms with Gasteiger partial charge < -0.3 is 10.2 Å². The first-order valence-corrected chi connectivity index (χ1v) is 3.58. The van der Waals surface area contributed by atoms with Crippen LogP contribution in [0.15, 0.2) is 18.2 Å². The van der Waals surface area contributed by atoms with E-state index >= 15 is 0 Å². The molecular weight excluding hydrogens is 161 g/mol. The van der Waals surface area contributed by atoms with Gasteiger partial charge in [0.25, 0.3) is 0 Å². The molecule has 0 saturated heterocycles. The normalized spacial score (nSPS) is 10.1. The van der Waals surface area contributed by atoms with Crippen LogP contribution in [-0.2, 0) is 6.42 Å². The third kappa shape index (κ3) is 2.10. The molecule has 0 heterocycles. The van der Waals surface area contributed by atoms with Gasteiger partial charge in [0.05, 0.1) is 0 Å². The van der Waals surface area contributed by atoms with E-state index in [2.05, 4.69) is 0 Å². The van der Waals surface area contributed by atoms with Crippen molar-refractivity contribution in [3.05, 3.63) is 23.8 Å². The molecule has 0 amide bonds. The highest BCUT2D eigenvalue weighted by molar-refractivity contribution is 5.40. The van der Waals surface area contributed by atoms with Crippen LogP contribution in [0.4, 0.5) is 4.48 Å². The number of phenolic OH excluding ortho intramolecular Hbond substituents is 2. The van der Waals surface area contributed by atoms with Crippen LogP contribution >= 0.6 is 0 Å². The summed E-state index contributed by atoms with van der Waals surface area (Å²) in [7, 11) is 0. The molecule has 0 radical (unpaired) electrons. The summed E-state index contributed by atoms with van der Waals surface area (Å²) in [4.78, 5) is 0. The van der Waals surface area contributed by atoms with Crippen molar-refractivity contribution in [1.29, 1.82) is 0 Å². The predicted molar refractivity (Wildman–Crippen MR) is 42.6 cm³/mol. The van der Waals surface area contributed by atoms with Crippen LogP contribution in [0.2, 0.25) is 0 Å². The number of rotatable bonds is 3. The maximum absolute atomic E-state index is 11.5. The van der Waals surface area contributed by atoms with Gasteiger partial charge in [0.1, 0.15) is 0 Å². The predicted octanol–water partition coefficient (Wildman–Crippen LogP) is 1.11. The van der Waals surface area contributed by atoms with Crippen molar-refractivity contribution < 1.29 is 14.7 Å². The lowest BCUT2D eigenvalue weighted by atomic mass is 10.1. The molecule has 1 aromatic carbocycles. The van der Waals surface area contributed by atoms with Gasteiger partial charge in [-0.05, 0) is 24.1 Å². The molecule has 0 fully saturated rings. The van der Waals surface area contributed by atoms with Crippen molar-refractivity contribution in [2.45, 2.75) is 6.42 Å². The Morgan fingerprint density at radius 3 is 2.58 bits per heavy atom. The van der Waals surface area contributed by atoms with Gasteiger partial charge in [-0.25, -0.2) is 0 Å². The highest BCUT2D eigenvalue weighted by Crippen LogP contribution is 2.24. The summed E-state index contributed by atoms with van der Waals surface area (Å²) >= 11 is 0. The zero-order valence-corrected chi connectivity index (χ0v) is 6.42. The van der Waals surface area contributed by atoms with Crippen molar-refractivity contribution in [1.82, 2.24) is 5.54 Å². The number of hydrogen-bond acceptors (Lipinski definition) is 3. The second-order valence-electron chi connectivity index (χ2n) is 2.46. The van der Waals surface area contributed by atoms with Crippen molar-refractivity contribution in [3.8, 4) is 11.5 Å².